The number of carbonyl (C=O) groups excluding carboxylic acids is 4. The molecular weight excluding hydrogens is 572 g/mol. The fraction of sp³-hybridized carbons (Fsp3) is 0.833. The fourth-order valence-electron chi connectivity index (χ4n) is 4.92. The zero-order valence-electron chi connectivity index (χ0n) is 22.6. The molecule has 3 saturated heterocycles. The standard InChI is InChI=1S/C24H38N2O16/c27-9-11-17(33)18(34)19(35)22(40-11)24(38)20(36)12(10-28)41-23(21(24)37)39-8-7-25-13(29)3-1-2-4-16(32)42-26-14(30)5-6-15(26)31/h11-12,17-23,27-28,33-38H,1-10H2,(H,25,29)/t11-,12-,17-,18+,19+,20-,21-,22-,23-,24+/m1/s1. The molecule has 3 heterocycles. The maximum absolute atomic E-state index is 12.1. The summed E-state index contributed by atoms with van der Waals surface area (Å²) in [5.41, 5.74) is -2.82. The first-order valence-corrected chi connectivity index (χ1v) is 13.5. The number of hydrogen-bond donors (Lipinski definition) is 9. The van der Waals surface area contributed by atoms with Crippen LogP contribution in [0.2, 0.25) is 0 Å². The van der Waals surface area contributed by atoms with Crippen LogP contribution in [0.25, 0.3) is 0 Å². The summed E-state index contributed by atoms with van der Waals surface area (Å²) in [5.74, 6) is -2.40. The summed E-state index contributed by atoms with van der Waals surface area (Å²) in [6, 6.07) is 0. The van der Waals surface area contributed by atoms with Gasteiger partial charge in [0.25, 0.3) is 11.8 Å². The SMILES string of the molecule is O=C(CCCCC(=O)ON1C(=O)CCC1=O)NCCO[C@@H]1O[C@H](CO)[C@@H](O)[C@@](O)([C@@H]2O[C@H](CO)[C@@H](O)[C@H](O)[C@@H]2O)[C@@H]1O. The smallest absolute Gasteiger partial charge is 0.333 e. The Labute approximate surface area is 239 Å². The van der Waals surface area contributed by atoms with Crippen molar-refractivity contribution < 1.29 is 79.1 Å². The molecule has 18 heteroatoms. The largest absolute Gasteiger partial charge is 0.394 e. The Kier molecular flexibility index (Phi) is 12.1. The van der Waals surface area contributed by atoms with E-state index in [4.69, 9.17) is 19.0 Å². The van der Waals surface area contributed by atoms with Gasteiger partial charge in [0.2, 0.25) is 5.91 Å². The molecule has 42 heavy (non-hydrogen) atoms. The average molecular weight is 611 g/mol. The highest BCUT2D eigenvalue weighted by molar-refractivity contribution is 6.01. The molecule has 3 aliphatic rings. The van der Waals surface area contributed by atoms with E-state index in [1.54, 1.807) is 0 Å². The molecule has 0 aliphatic carbocycles. The van der Waals surface area contributed by atoms with Gasteiger partial charge in [0, 0.05) is 32.2 Å². The Morgan fingerprint density at radius 3 is 2.12 bits per heavy atom. The van der Waals surface area contributed by atoms with E-state index in [1.807, 2.05) is 0 Å². The zero-order valence-corrected chi connectivity index (χ0v) is 22.6. The molecule has 0 aromatic rings. The highest BCUT2D eigenvalue weighted by atomic mass is 16.7. The van der Waals surface area contributed by atoms with Crippen LogP contribution in [-0.2, 0) is 38.2 Å². The summed E-state index contributed by atoms with van der Waals surface area (Å²) >= 11 is 0. The number of imide groups is 1. The number of carbonyl (C=O) groups is 4. The van der Waals surface area contributed by atoms with Crippen LogP contribution in [0.15, 0.2) is 0 Å². The van der Waals surface area contributed by atoms with Gasteiger partial charge in [0.1, 0.15) is 48.8 Å². The summed E-state index contributed by atoms with van der Waals surface area (Å²) in [7, 11) is 0. The number of nitrogens with zero attached hydrogens (tertiary/aromatic N) is 1. The molecule has 18 nitrogen and oxygen atoms in total. The minimum atomic E-state index is -2.82. The summed E-state index contributed by atoms with van der Waals surface area (Å²) < 4.78 is 16.0. The van der Waals surface area contributed by atoms with Crippen LogP contribution in [0.5, 0.6) is 0 Å². The number of unbranched alkanes of at least 4 members (excludes halogenated alkanes) is 1. The third-order valence-corrected chi connectivity index (χ3v) is 7.33. The normalized spacial score (nSPS) is 37.1. The molecule has 0 radical (unpaired) electrons. The third kappa shape index (κ3) is 7.40. The number of hydrogen-bond acceptors (Lipinski definition) is 16. The lowest BCUT2D eigenvalue weighted by Gasteiger charge is -2.54. The molecule has 3 aliphatic heterocycles. The Balaban J connectivity index is 1.45. The van der Waals surface area contributed by atoms with Crippen molar-refractivity contribution in [2.45, 2.75) is 99.2 Å². The highest BCUT2D eigenvalue weighted by Crippen LogP contribution is 2.39. The molecule has 0 bridgehead atoms. The molecule has 0 spiro atoms. The van der Waals surface area contributed by atoms with Gasteiger partial charge in [0.15, 0.2) is 11.9 Å². The van der Waals surface area contributed by atoms with Crippen LogP contribution >= 0.6 is 0 Å². The first kappa shape index (κ1) is 34.1. The number of hydroxylamine groups is 2. The Hall–Kier alpha value is -2.36. The molecule has 10 atom stereocenters. The average Bonchev–Trinajstić information content (AvgIpc) is 3.28. The number of aliphatic hydroxyl groups excluding tert-OH is 7. The van der Waals surface area contributed by atoms with Gasteiger partial charge >= 0.3 is 5.97 Å². The lowest BCUT2D eigenvalue weighted by atomic mass is 9.74. The molecule has 3 rings (SSSR count). The topological polar surface area (TPSA) is 282 Å². The van der Waals surface area contributed by atoms with Gasteiger partial charge in [0.05, 0.1) is 19.8 Å². The van der Waals surface area contributed by atoms with Crippen LogP contribution in [0.4, 0.5) is 0 Å². The molecule has 0 saturated carbocycles. The minimum Gasteiger partial charge on any atom is -0.394 e. The summed E-state index contributed by atoms with van der Waals surface area (Å²) in [6.07, 6.45) is -16.3. The maximum atomic E-state index is 12.1. The van der Waals surface area contributed by atoms with Crippen LogP contribution in [0.3, 0.4) is 0 Å². The first-order valence-electron chi connectivity index (χ1n) is 13.5. The van der Waals surface area contributed by atoms with E-state index < -0.39 is 97.6 Å². The van der Waals surface area contributed by atoms with Crippen molar-refractivity contribution in [2.24, 2.45) is 0 Å². The molecule has 0 aromatic heterocycles. The van der Waals surface area contributed by atoms with E-state index in [2.05, 4.69) is 5.32 Å². The lowest BCUT2D eigenvalue weighted by Crippen LogP contribution is -2.77. The minimum absolute atomic E-state index is 0.00699. The van der Waals surface area contributed by atoms with Gasteiger partial charge in [-0.1, -0.05) is 0 Å². The molecule has 3 fully saturated rings. The van der Waals surface area contributed by atoms with E-state index in [-0.39, 0.29) is 51.7 Å². The Bertz CT molecular complexity index is 951. The number of aliphatic hydroxyl groups is 8. The predicted molar refractivity (Wildman–Crippen MR) is 131 cm³/mol. The van der Waals surface area contributed by atoms with Crippen molar-refractivity contribution in [3.05, 3.63) is 0 Å². The van der Waals surface area contributed by atoms with Crippen molar-refractivity contribution in [3.63, 3.8) is 0 Å². The number of nitrogens with one attached hydrogen (secondary N) is 1. The number of rotatable bonds is 13. The van der Waals surface area contributed by atoms with Crippen molar-refractivity contribution in [1.29, 1.82) is 0 Å². The van der Waals surface area contributed by atoms with Gasteiger partial charge in [-0.2, -0.15) is 0 Å². The summed E-state index contributed by atoms with van der Waals surface area (Å²) in [6.45, 7) is -2.12. The van der Waals surface area contributed by atoms with Gasteiger partial charge in [-0.15, -0.1) is 5.06 Å². The van der Waals surface area contributed by atoms with E-state index >= 15 is 0 Å². The molecule has 3 amide bonds. The molecule has 240 valence electrons. The van der Waals surface area contributed by atoms with Crippen LogP contribution < -0.4 is 5.32 Å². The third-order valence-electron chi connectivity index (χ3n) is 7.33. The van der Waals surface area contributed by atoms with Crippen molar-refractivity contribution in [1.82, 2.24) is 10.4 Å². The van der Waals surface area contributed by atoms with Crippen molar-refractivity contribution >= 4 is 23.7 Å². The fourth-order valence-corrected chi connectivity index (χ4v) is 4.92. The second-order valence-electron chi connectivity index (χ2n) is 10.2. The zero-order chi connectivity index (χ0) is 31.2. The van der Waals surface area contributed by atoms with Gasteiger partial charge in [-0.25, -0.2) is 4.79 Å². The van der Waals surface area contributed by atoms with Crippen LogP contribution in [0, 0.1) is 0 Å². The molecular formula is C24H38N2O16. The number of amides is 3. The van der Waals surface area contributed by atoms with Gasteiger partial charge in [-0.3, -0.25) is 14.4 Å². The lowest BCUT2D eigenvalue weighted by molar-refractivity contribution is -0.373. The Morgan fingerprint density at radius 1 is 0.881 bits per heavy atom. The van der Waals surface area contributed by atoms with Crippen LogP contribution in [0.1, 0.15) is 38.5 Å². The van der Waals surface area contributed by atoms with E-state index in [0.29, 0.717) is 5.06 Å². The monoisotopic (exact) mass is 610 g/mol. The Morgan fingerprint density at radius 2 is 1.50 bits per heavy atom. The van der Waals surface area contributed by atoms with E-state index in [1.165, 1.54) is 0 Å². The first-order chi connectivity index (χ1) is 19.9. The second-order valence-corrected chi connectivity index (χ2v) is 10.2. The second kappa shape index (κ2) is 14.9. The van der Waals surface area contributed by atoms with Crippen molar-refractivity contribution in [2.75, 3.05) is 26.4 Å². The maximum Gasteiger partial charge on any atom is 0.333 e. The van der Waals surface area contributed by atoms with Crippen LogP contribution in [-0.4, -0.2) is 157 Å². The summed E-state index contributed by atoms with van der Waals surface area (Å²) in [5, 5.41) is 85.5. The van der Waals surface area contributed by atoms with Gasteiger partial charge < -0.3 is 65.2 Å². The highest BCUT2D eigenvalue weighted by Gasteiger charge is 2.64. The number of ether oxygens (including phenoxy) is 3. The van der Waals surface area contributed by atoms with E-state index in [9.17, 15) is 60.0 Å². The quantitative estimate of drug-likeness (QED) is 0.0694. The summed E-state index contributed by atoms with van der Waals surface area (Å²) in [4.78, 5) is 51.5. The molecule has 9 N–H and O–H groups in total. The molecule has 0 aromatic carbocycles. The predicted octanol–water partition coefficient (Wildman–Crippen LogP) is -5.70. The van der Waals surface area contributed by atoms with Crippen molar-refractivity contribution in [3.8, 4) is 0 Å². The molecule has 0 unspecified atom stereocenters. The van der Waals surface area contributed by atoms with Gasteiger partial charge in [-0.05, 0) is 12.8 Å². The van der Waals surface area contributed by atoms with E-state index in [0.717, 1.165) is 0 Å².